The van der Waals surface area contributed by atoms with E-state index in [1.807, 2.05) is 58.1 Å². The molecule has 2 saturated heterocycles. The van der Waals surface area contributed by atoms with E-state index in [4.69, 9.17) is 23.7 Å². The number of carbonyl (C=O) groups is 5. The molecule has 2 N–H and O–H groups in total. The Labute approximate surface area is 396 Å². The van der Waals surface area contributed by atoms with Crippen LogP contribution in [0, 0.1) is 35.5 Å². The van der Waals surface area contributed by atoms with Gasteiger partial charge in [0.15, 0.2) is 5.78 Å². The van der Waals surface area contributed by atoms with E-state index >= 15 is 0 Å². The number of Topliss-reactive ketones (excluding diaryl/α,β-unsaturated/α-hetero) is 3. The van der Waals surface area contributed by atoms with Gasteiger partial charge in [-0.25, -0.2) is 4.79 Å². The predicted octanol–water partition coefficient (Wildman–Crippen LogP) is 7.58. The summed E-state index contributed by atoms with van der Waals surface area (Å²) >= 11 is 3.74. The number of carbonyl (C=O) groups excluding carboxylic acids is 5. The number of halogens is 1. The molecule has 0 aromatic rings. The fraction of sp³-hybridized carbons (Fsp3) is 0.745. The average molecular weight is 977 g/mol. The highest BCUT2D eigenvalue weighted by atomic mass is 79.9. The van der Waals surface area contributed by atoms with Crippen molar-refractivity contribution < 1.29 is 57.9 Å². The lowest BCUT2D eigenvalue weighted by atomic mass is 9.79. The van der Waals surface area contributed by atoms with Crippen LogP contribution >= 0.6 is 15.9 Å². The molecule has 3 aliphatic heterocycles. The minimum absolute atomic E-state index is 0.0181. The molecule has 65 heavy (non-hydrogen) atoms. The van der Waals surface area contributed by atoms with Crippen molar-refractivity contribution in [2.45, 2.75) is 179 Å². The summed E-state index contributed by atoms with van der Waals surface area (Å²) in [5, 5.41) is 23.4. The fourth-order valence-corrected chi connectivity index (χ4v) is 10.8. The quantitative estimate of drug-likeness (QED) is 0.116. The minimum atomic E-state index is -2.41. The molecule has 366 valence electrons. The predicted molar refractivity (Wildman–Crippen MR) is 252 cm³/mol. The molecule has 4 rings (SSSR count). The Bertz CT molecular complexity index is 1760. The highest BCUT2D eigenvalue weighted by molar-refractivity contribution is 9.09. The van der Waals surface area contributed by atoms with Gasteiger partial charge in [-0.05, 0) is 107 Å². The number of piperidine rings is 1. The number of amides is 1. The van der Waals surface area contributed by atoms with Gasteiger partial charge in [0.2, 0.25) is 5.79 Å². The van der Waals surface area contributed by atoms with Gasteiger partial charge in [0.1, 0.15) is 30.1 Å². The first-order valence-corrected chi connectivity index (χ1v) is 24.8. The van der Waals surface area contributed by atoms with Gasteiger partial charge >= 0.3 is 5.97 Å². The SMILES string of the molecule is CO[C@H]1C[C@@H]2CC[C@@H](C)[C@@](O)(O2)C(=O)C(=O)N2CCCC[C@H]2C(=O)O[C@H]([C@H](C)C[C@@H]2CC[C@H](Br)[C@H](OC)C2)CC(=O)[C@H](C)/C=C(\C)[C@@H](O)[C@@H](OC)C(=O)[C@H](C)C[C@H](C)/C=C/C=C/C=C/1C. The number of allylic oxidation sites excluding steroid dienone is 6. The summed E-state index contributed by atoms with van der Waals surface area (Å²) in [6.07, 6.45) is 13.3. The zero-order valence-corrected chi connectivity index (χ0v) is 42.1. The number of methoxy groups -OCH3 is 3. The molecule has 1 amide bonds. The minimum Gasteiger partial charge on any atom is -0.460 e. The van der Waals surface area contributed by atoms with Crippen molar-refractivity contribution in [3.8, 4) is 0 Å². The van der Waals surface area contributed by atoms with Gasteiger partial charge in [0.05, 0.1) is 18.3 Å². The van der Waals surface area contributed by atoms with E-state index in [-0.39, 0.29) is 59.6 Å². The summed E-state index contributed by atoms with van der Waals surface area (Å²) in [5.74, 6) is -7.58. The monoisotopic (exact) mass is 975 g/mol. The highest BCUT2D eigenvalue weighted by Gasteiger charge is 2.53. The molecular formula is C51H78BrNO12. The Kier molecular flexibility index (Phi) is 21.5. The Balaban J connectivity index is 1.70. The molecule has 0 spiro atoms. The molecule has 0 aromatic carbocycles. The molecular weight excluding hydrogens is 898 g/mol. The first-order chi connectivity index (χ1) is 30.7. The number of esters is 1. The molecule has 3 heterocycles. The van der Waals surface area contributed by atoms with E-state index in [0.29, 0.717) is 50.5 Å². The third-order valence-corrected chi connectivity index (χ3v) is 15.5. The van der Waals surface area contributed by atoms with Crippen molar-refractivity contribution in [2.24, 2.45) is 35.5 Å². The normalized spacial score (nSPS) is 40.4. The molecule has 15 atom stereocenters. The van der Waals surface area contributed by atoms with Crippen LogP contribution in [0.25, 0.3) is 0 Å². The van der Waals surface area contributed by atoms with E-state index in [2.05, 4.69) is 15.9 Å². The number of aliphatic hydroxyl groups is 2. The van der Waals surface area contributed by atoms with Crippen LogP contribution in [0.15, 0.2) is 47.6 Å². The molecule has 14 heteroatoms. The largest absolute Gasteiger partial charge is 0.460 e. The lowest BCUT2D eigenvalue weighted by molar-refractivity contribution is -0.265. The van der Waals surface area contributed by atoms with Gasteiger partial charge in [-0.3, -0.25) is 19.2 Å². The Morgan fingerprint density at radius 2 is 1.60 bits per heavy atom. The molecule has 2 bridgehead atoms. The lowest BCUT2D eigenvalue weighted by Crippen LogP contribution is -2.61. The summed E-state index contributed by atoms with van der Waals surface area (Å²) in [6, 6.07) is -1.11. The Morgan fingerprint density at radius 3 is 2.28 bits per heavy atom. The number of hydrogen-bond acceptors (Lipinski definition) is 12. The number of alkyl halides is 1. The third kappa shape index (κ3) is 14.6. The van der Waals surface area contributed by atoms with Crippen LogP contribution in [0.5, 0.6) is 0 Å². The number of ketones is 3. The number of hydrogen-bond donors (Lipinski definition) is 2. The average Bonchev–Trinajstić information content (AvgIpc) is 3.28. The number of fused-ring (bicyclic) bond motifs is 3. The van der Waals surface area contributed by atoms with Gasteiger partial charge in [0.25, 0.3) is 11.7 Å². The topological polar surface area (TPSA) is 175 Å². The number of aliphatic hydroxyl groups excluding tert-OH is 1. The van der Waals surface area contributed by atoms with Crippen molar-refractivity contribution in [2.75, 3.05) is 27.9 Å². The van der Waals surface area contributed by atoms with E-state index in [1.165, 1.54) is 12.0 Å². The second kappa shape index (κ2) is 25.5. The molecule has 1 aliphatic carbocycles. The molecule has 0 aromatic heterocycles. The smallest absolute Gasteiger partial charge is 0.329 e. The summed E-state index contributed by atoms with van der Waals surface area (Å²) in [7, 11) is 4.67. The summed E-state index contributed by atoms with van der Waals surface area (Å²) < 4.78 is 29.6. The van der Waals surface area contributed by atoms with E-state index in [0.717, 1.165) is 24.8 Å². The van der Waals surface area contributed by atoms with Crippen molar-refractivity contribution in [1.29, 1.82) is 0 Å². The van der Waals surface area contributed by atoms with Crippen molar-refractivity contribution in [1.82, 2.24) is 4.90 Å². The zero-order chi connectivity index (χ0) is 48.2. The summed E-state index contributed by atoms with van der Waals surface area (Å²) in [5.41, 5.74) is 1.29. The number of rotatable bonds is 6. The fourth-order valence-electron chi connectivity index (χ4n) is 10.1. The van der Waals surface area contributed by atoms with Gasteiger partial charge in [-0.1, -0.05) is 87.0 Å². The molecule has 0 radical (unpaired) electrons. The Hall–Kier alpha value is -2.85. The maximum Gasteiger partial charge on any atom is 0.329 e. The van der Waals surface area contributed by atoms with Gasteiger partial charge in [-0.2, -0.15) is 0 Å². The van der Waals surface area contributed by atoms with E-state index < -0.39 is 77.8 Å². The van der Waals surface area contributed by atoms with Crippen LogP contribution in [-0.2, 0) is 47.7 Å². The number of cyclic esters (lactones) is 1. The van der Waals surface area contributed by atoms with Crippen LogP contribution in [0.3, 0.4) is 0 Å². The second-order valence-electron chi connectivity index (χ2n) is 19.5. The molecule has 3 fully saturated rings. The number of ether oxygens (including phenoxy) is 5. The molecule has 0 unspecified atom stereocenters. The molecule has 1 saturated carbocycles. The van der Waals surface area contributed by atoms with Gasteiger partial charge < -0.3 is 38.8 Å². The van der Waals surface area contributed by atoms with Crippen LogP contribution in [0.4, 0.5) is 0 Å². The number of nitrogens with zero attached hydrogens (tertiary/aromatic N) is 1. The maximum absolute atomic E-state index is 14.4. The van der Waals surface area contributed by atoms with Crippen LogP contribution in [-0.4, -0.2) is 125 Å². The first-order valence-electron chi connectivity index (χ1n) is 23.9. The van der Waals surface area contributed by atoms with Gasteiger partial charge in [-0.15, -0.1) is 0 Å². The lowest BCUT2D eigenvalue weighted by Gasteiger charge is -2.42. The highest BCUT2D eigenvalue weighted by Crippen LogP contribution is 2.38. The zero-order valence-electron chi connectivity index (χ0n) is 40.5. The standard InChI is InChI=1S/C51H78BrNO12/c1-30-16-12-11-13-17-31(2)42(61-8)28-38-21-19-36(7)51(60,65-38)48(57)49(58)53-23-15-14-18-40(53)50(59)64-43(33(4)26-37-20-22-39(52)44(27-37)62-9)29-41(54)32(3)25-35(6)46(56)47(63-10)45(55)34(5)24-30/h11-13,16-17,25,30,32-34,36-40,42-44,46-47,56,60H,14-15,18-24,26-29H2,1-10H3/b13-11+,16-12+,31-17+,35-25+/t30-,32-,33-,34-,36-,37+,38+,39+,40+,42+,43+,44-,46-,47+,51-/m1/s1. The van der Waals surface area contributed by atoms with Gasteiger partial charge in [0, 0.05) is 63.3 Å². The van der Waals surface area contributed by atoms with Crippen molar-refractivity contribution in [3.05, 3.63) is 47.6 Å². The van der Waals surface area contributed by atoms with Crippen LogP contribution in [0.2, 0.25) is 0 Å². The molecule has 13 nitrogen and oxygen atoms in total. The Morgan fingerprint density at radius 1 is 0.877 bits per heavy atom. The summed E-state index contributed by atoms with van der Waals surface area (Å²) in [4.78, 5) is 72.1. The maximum atomic E-state index is 14.4. The van der Waals surface area contributed by atoms with Crippen LogP contribution in [0.1, 0.15) is 126 Å². The van der Waals surface area contributed by atoms with E-state index in [9.17, 15) is 34.2 Å². The molecule has 4 aliphatic rings. The summed E-state index contributed by atoms with van der Waals surface area (Å²) in [6.45, 7) is 12.9. The van der Waals surface area contributed by atoms with Crippen molar-refractivity contribution >= 4 is 45.2 Å². The van der Waals surface area contributed by atoms with Crippen LogP contribution < -0.4 is 0 Å². The van der Waals surface area contributed by atoms with E-state index in [1.54, 1.807) is 41.1 Å². The van der Waals surface area contributed by atoms with Crippen molar-refractivity contribution in [3.63, 3.8) is 0 Å². The first kappa shape index (κ1) is 54.8. The third-order valence-electron chi connectivity index (χ3n) is 14.4. The second-order valence-corrected chi connectivity index (χ2v) is 20.7.